The molecule has 0 radical (unpaired) electrons. The molecule has 2 amide bonds. The number of rotatable bonds is 8. The van der Waals surface area contributed by atoms with Crippen LogP contribution in [0.15, 0.2) is 84.4 Å². The summed E-state index contributed by atoms with van der Waals surface area (Å²) < 4.78 is 10.3. The third kappa shape index (κ3) is 5.30. The molecule has 0 bridgehead atoms. The summed E-state index contributed by atoms with van der Waals surface area (Å²) in [6, 6.07) is 24.3. The Morgan fingerprint density at radius 2 is 1.63 bits per heavy atom. The van der Waals surface area contributed by atoms with Gasteiger partial charge in [0.25, 0.3) is 0 Å². The second kappa shape index (κ2) is 10.8. The van der Waals surface area contributed by atoms with Crippen molar-refractivity contribution in [3.63, 3.8) is 0 Å². The molecule has 3 aromatic rings. The maximum Gasteiger partial charge on any atom is 0.338 e. The second-order valence-electron chi connectivity index (χ2n) is 8.13. The maximum atomic E-state index is 12.9. The molecule has 7 heteroatoms. The lowest BCUT2D eigenvalue weighted by Crippen LogP contribution is -2.45. The van der Waals surface area contributed by atoms with E-state index in [1.165, 1.54) is 12.7 Å². The Balaban J connectivity index is 1.68. The molecule has 0 saturated heterocycles. The first-order valence-corrected chi connectivity index (χ1v) is 11.5. The second-order valence-corrected chi connectivity index (χ2v) is 8.13. The van der Waals surface area contributed by atoms with Crippen LogP contribution in [0.5, 0.6) is 5.75 Å². The van der Waals surface area contributed by atoms with Gasteiger partial charge >= 0.3 is 12.0 Å². The van der Waals surface area contributed by atoms with E-state index in [0.29, 0.717) is 22.6 Å². The van der Waals surface area contributed by atoms with Crippen LogP contribution in [0.25, 0.3) is 5.70 Å². The molecular formula is C28H29N3O4. The lowest BCUT2D eigenvalue weighted by Gasteiger charge is -2.30. The molecule has 180 valence electrons. The van der Waals surface area contributed by atoms with Crippen molar-refractivity contribution in [2.75, 3.05) is 25.7 Å². The number of carbonyl (C=O) groups is 2. The van der Waals surface area contributed by atoms with E-state index < -0.39 is 18.0 Å². The molecule has 35 heavy (non-hydrogen) atoms. The number of nitrogens with zero attached hydrogens (tertiary/aromatic N) is 1. The number of hydrogen-bond acceptors (Lipinski definition) is 5. The van der Waals surface area contributed by atoms with Gasteiger partial charge in [-0.2, -0.15) is 0 Å². The first-order chi connectivity index (χ1) is 17.0. The summed E-state index contributed by atoms with van der Waals surface area (Å²) in [6.07, 6.45) is 0. The minimum Gasteiger partial charge on any atom is -0.497 e. The molecule has 1 aliphatic rings. The normalized spacial score (nSPS) is 15.2. The Bertz CT molecular complexity index is 1210. The third-order valence-corrected chi connectivity index (χ3v) is 6.05. The van der Waals surface area contributed by atoms with Crippen molar-refractivity contribution in [2.45, 2.75) is 19.5 Å². The van der Waals surface area contributed by atoms with Crippen LogP contribution in [0, 0.1) is 0 Å². The van der Waals surface area contributed by atoms with Gasteiger partial charge in [0, 0.05) is 18.8 Å². The molecule has 0 saturated carbocycles. The largest absolute Gasteiger partial charge is 0.497 e. The zero-order chi connectivity index (χ0) is 24.8. The van der Waals surface area contributed by atoms with Crippen molar-refractivity contribution in [1.82, 2.24) is 10.6 Å². The maximum absolute atomic E-state index is 12.9. The topological polar surface area (TPSA) is 79.9 Å². The van der Waals surface area contributed by atoms with Gasteiger partial charge in [-0.1, -0.05) is 42.5 Å². The van der Waals surface area contributed by atoms with E-state index >= 15 is 0 Å². The fourth-order valence-electron chi connectivity index (χ4n) is 4.20. The van der Waals surface area contributed by atoms with Gasteiger partial charge in [-0.25, -0.2) is 9.59 Å². The molecule has 0 spiro atoms. The predicted octanol–water partition coefficient (Wildman–Crippen LogP) is 4.66. The van der Waals surface area contributed by atoms with E-state index in [-0.39, 0.29) is 0 Å². The van der Waals surface area contributed by atoms with Gasteiger partial charge in [0.15, 0.2) is 0 Å². The lowest BCUT2D eigenvalue weighted by molar-refractivity contribution is -0.136. The molecule has 3 aromatic carbocycles. The van der Waals surface area contributed by atoms with Gasteiger partial charge in [-0.3, -0.25) is 0 Å². The van der Waals surface area contributed by atoms with Crippen molar-refractivity contribution < 1.29 is 19.1 Å². The van der Waals surface area contributed by atoms with Gasteiger partial charge < -0.3 is 25.0 Å². The van der Waals surface area contributed by atoms with Gasteiger partial charge in [0.2, 0.25) is 0 Å². The number of benzene rings is 3. The number of hydrogen-bond donors (Lipinski definition) is 2. The van der Waals surface area contributed by atoms with E-state index in [2.05, 4.69) is 34.6 Å². The summed E-state index contributed by atoms with van der Waals surface area (Å²) in [5.74, 6) is 0.161. The standard InChI is InChI=1S/C28H29N3O4/c1-4-31(18-19-8-6-5-7-9-19)22-14-10-20(11-15-22)25-24(27(32)35-3)26(30-28(33)29-25)21-12-16-23(34-2)17-13-21/h5-17,25H,4,18H2,1-3H3,(H2,29,30,33). The van der Waals surface area contributed by atoms with Gasteiger partial charge in [-0.15, -0.1) is 0 Å². The summed E-state index contributed by atoms with van der Waals surface area (Å²) in [4.78, 5) is 27.7. The molecule has 1 aliphatic heterocycles. The number of esters is 1. The molecule has 0 fully saturated rings. The smallest absolute Gasteiger partial charge is 0.338 e. The number of carbonyl (C=O) groups excluding carboxylic acids is 2. The van der Waals surface area contributed by atoms with Crippen LogP contribution in [0.4, 0.5) is 10.5 Å². The molecule has 7 nitrogen and oxygen atoms in total. The Labute approximate surface area is 205 Å². The Hall–Kier alpha value is -4.26. The highest BCUT2D eigenvalue weighted by Gasteiger charge is 2.34. The van der Waals surface area contributed by atoms with Gasteiger partial charge in [0.1, 0.15) is 5.75 Å². The Morgan fingerprint density at radius 3 is 2.23 bits per heavy atom. The van der Waals surface area contributed by atoms with E-state index in [1.807, 2.05) is 42.5 Å². The van der Waals surface area contributed by atoms with Crippen molar-refractivity contribution in [2.24, 2.45) is 0 Å². The minimum atomic E-state index is -0.661. The van der Waals surface area contributed by atoms with Gasteiger partial charge in [-0.05, 0) is 60.0 Å². The lowest BCUT2D eigenvalue weighted by atomic mass is 9.92. The summed E-state index contributed by atoms with van der Waals surface area (Å²) >= 11 is 0. The zero-order valence-corrected chi connectivity index (χ0v) is 20.1. The summed E-state index contributed by atoms with van der Waals surface area (Å²) in [5, 5.41) is 5.66. The number of nitrogens with one attached hydrogen (secondary N) is 2. The predicted molar refractivity (Wildman–Crippen MR) is 136 cm³/mol. The van der Waals surface area contributed by atoms with Crippen LogP contribution in [-0.2, 0) is 16.1 Å². The first-order valence-electron chi connectivity index (χ1n) is 11.5. The fourth-order valence-corrected chi connectivity index (χ4v) is 4.20. The van der Waals surface area contributed by atoms with Crippen LogP contribution >= 0.6 is 0 Å². The minimum absolute atomic E-state index is 0.335. The van der Waals surface area contributed by atoms with Crippen LogP contribution < -0.4 is 20.3 Å². The van der Waals surface area contributed by atoms with E-state index in [1.54, 1.807) is 31.4 Å². The van der Waals surface area contributed by atoms with E-state index in [0.717, 1.165) is 24.3 Å². The van der Waals surface area contributed by atoms with Gasteiger partial charge in [0.05, 0.1) is 31.5 Å². The van der Waals surface area contributed by atoms with Crippen molar-refractivity contribution in [1.29, 1.82) is 0 Å². The van der Waals surface area contributed by atoms with Crippen LogP contribution in [0.2, 0.25) is 0 Å². The van der Waals surface area contributed by atoms with Crippen molar-refractivity contribution in [3.05, 3.63) is 101 Å². The SMILES string of the molecule is CCN(Cc1ccccc1)c1ccc(C2NC(=O)NC(c3ccc(OC)cc3)=C2C(=O)OC)cc1. The number of amides is 2. The fraction of sp³-hybridized carbons (Fsp3) is 0.214. The first kappa shape index (κ1) is 23.9. The van der Waals surface area contributed by atoms with Crippen LogP contribution in [0.1, 0.15) is 29.7 Å². The number of methoxy groups -OCH3 is 2. The summed E-state index contributed by atoms with van der Waals surface area (Å²) in [7, 11) is 2.92. The van der Waals surface area contributed by atoms with Crippen LogP contribution in [0.3, 0.4) is 0 Å². The quantitative estimate of drug-likeness (QED) is 0.467. The molecular weight excluding hydrogens is 442 g/mol. The van der Waals surface area contributed by atoms with E-state index in [9.17, 15) is 9.59 Å². The monoisotopic (exact) mass is 471 g/mol. The number of urea groups is 1. The van der Waals surface area contributed by atoms with E-state index in [4.69, 9.17) is 9.47 Å². The molecule has 2 N–H and O–H groups in total. The molecule has 1 unspecified atom stereocenters. The molecule has 0 aliphatic carbocycles. The van der Waals surface area contributed by atoms with Crippen LogP contribution in [-0.4, -0.2) is 32.8 Å². The average Bonchev–Trinajstić information content (AvgIpc) is 2.91. The highest BCUT2D eigenvalue weighted by molar-refractivity contribution is 6.04. The van der Waals surface area contributed by atoms with Crippen molar-refractivity contribution >= 4 is 23.4 Å². The molecule has 1 heterocycles. The summed E-state index contributed by atoms with van der Waals surface area (Å²) in [6.45, 7) is 3.74. The highest BCUT2D eigenvalue weighted by atomic mass is 16.5. The number of ether oxygens (including phenoxy) is 2. The number of anilines is 1. The molecule has 1 atom stereocenters. The summed E-state index contributed by atoms with van der Waals surface area (Å²) in [5.41, 5.74) is 4.50. The molecule has 4 rings (SSSR count). The Kier molecular flexibility index (Phi) is 7.35. The zero-order valence-electron chi connectivity index (χ0n) is 20.1. The van der Waals surface area contributed by atoms with Crippen molar-refractivity contribution in [3.8, 4) is 5.75 Å². The Morgan fingerprint density at radius 1 is 0.943 bits per heavy atom. The highest BCUT2D eigenvalue weighted by Crippen LogP contribution is 2.33. The average molecular weight is 472 g/mol. The third-order valence-electron chi connectivity index (χ3n) is 6.05. The molecule has 0 aromatic heterocycles.